The van der Waals surface area contributed by atoms with Crippen LogP contribution in [0.4, 0.5) is 0 Å². The van der Waals surface area contributed by atoms with Gasteiger partial charge < -0.3 is 4.90 Å². The maximum absolute atomic E-state index is 12.7. The molecule has 1 aromatic carbocycles. The summed E-state index contributed by atoms with van der Waals surface area (Å²) in [7, 11) is 0. The van der Waals surface area contributed by atoms with Crippen LogP contribution in [0.2, 0.25) is 0 Å². The Morgan fingerprint density at radius 2 is 1.95 bits per heavy atom. The zero-order chi connectivity index (χ0) is 14.7. The molecule has 0 saturated heterocycles. The molecule has 0 N–H and O–H groups in total. The predicted octanol–water partition coefficient (Wildman–Crippen LogP) is 3.46. The molecule has 0 spiro atoms. The van der Waals surface area contributed by atoms with Crippen molar-refractivity contribution < 1.29 is 4.79 Å². The highest BCUT2D eigenvalue weighted by molar-refractivity contribution is 5.94. The molecular weight excluding hydrogens is 248 g/mol. The molecule has 1 unspecified atom stereocenters. The minimum atomic E-state index is 0.0615. The smallest absolute Gasteiger partial charge is 0.254 e. The van der Waals surface area contributed by atoms with Crippen molar-refractivity contribution in [2.45, 2.75) is 46.1 Å². The molecule has 3 nitrogen and oxygen atoms in total. The van der Waals surface area contributed by atoms with Gasteiger partial charge in [-0.05, 0) is 51.7 Å². The van der Waals surface area contributed by atoms with Gasteiger partial charge in [-0.3, -0.25) is 4.79 Å². The van der Waals surface area contributed by atoms with E-state index >= 15 is 0 Å². The first kappa shape index (κ1) is 14.6. The summed E-state index contributed by atoms with van der Waals surface area (Å²) < 4.78 is 0. The molecular formula is C17H22N2O. The second kappa shape index (κ2) is 6.09. The molecule has 106 valence electrons. The highest BCUT2D eigenvalue weighted by Gasteiger charge is 2.34. The molecule has 0 heterocycles. The molecule has 1 fully saturated rings. The van der Waals surface area contributed by atoms with E-state index in [0.717, 1.165) is 16.7 Å². The molecule has 20 heavy (non-hydrogen) atoms. The summed E-state index contributed by atoms with van der Waals surface area (Å²) in [5.74, 6) is 0.676. The van der Waals surface area contributed by atoms with Gasteiger partial charge in [-0.2, -0.15) is 5.26 Å². The average Bonchev–Trinajstić information content (AvgIpc) is 3.21. The molecule has 0 aliphatic heterocycles. The van der Waals surface area contributed by atoms with Crippen LogP contribution in [0, 0.1) is 31.1 Å². The molecule has 0 radical (unpaired) electrons. The van der Waals surface area contributed by atoms with E-state index in [-0.39, 0.29) is 11.9 Å². The quantitative estimate of drug-likeness (QED) is 0.822. The maximum atomic E-state index is 12.7. The van der Waals surface area contributed by atoms with Crippen LogP contribution in [0.25, 0.3) is 0 Å². The Labute approximate surface area is 121 Å². The Morgan fingerprint density at radius 1 is 1.35 bits per heavy atom. The number of hydrogen-bond donors (Lipinski definition) is 0. The van der Waals surface area contributed by atoms with Gasteiger partial charge in [-0.1, -0.05) is 17.2 Å². The summed E-state index contributed by atoms with van der Waals surface area (Å²) in [5, 5.41) is 8.80. The third-order valence-electron chi connectivity index (χ3n) is 3.99. The zero-order valence-electron chi connectivity index (χ0n) is 12.5. The van der Waals surface area contributed by atoms with Crippen molar-refractivity contribution in [3.05, 3.63) is 34.9 Å². The van der Waals surface area contributed by atoms with Crippen LogP contribution in [-0.2, 0) is 0 Å². The number of aryl methyl sites for hydroxylation is 2. The van der Waals surface area contributed by atoms with Gasteiger partial charge in [0.05, 0.1) is 12.5 Å². The highest BCUT2D eigenvalue weighted by Crippen LogP contribution is 2.35. The van der Waals surface area contributed by atoms with Gasteiger partial charge in [0.2, 0.25) is 0 Å². The van der Waals surface area contributed by atoms with Crippen molar-refractivity contribution >= 4 is 5.91 Å². The number of carbonyl (C=O) groups excluding carboxylic acids is 1. The van der Waals surface area contributed by atoms with E-state index in [1.54, 1.807) is 0 Å². The Balaban J connectivity index is 2.22. The van der Waals surface area contributed by atoms with Crippen LogP contribution in [-0.4, -0.2) is 23.4 Å². The van der Waals surface area contributed by atoms with Crippen LogP contribution in [0.3, 0.4) is 0 Å². The number of nitrogens with zero attached hydrogens (tertiary/aromatic N) is 2. The van der Waals surface area contributed by atoms with Gasteiger partial charge in [-0.15, -0.1) is 0 Å². The lowest BCUT2D eigenvalue weighted by atomic mass is 10.0. The van der Waals surface area contributed by atoms with E-state index in [2.05, 4.69) is 19.1 Å². The Morgan fingerprint density at radius 3 is 2.45 bits per heavy atom. The minimum Gasteiger partial charge on any atom is -0.335 e. The van der Waals surface area contributed by atoms with E-state index in [1.165, 1.54) is 12.8 Å². The summed E-state index contributed by atoms with van der Waals surface area (Å²) in [6, 6.07) is 8.33. The van der Waals surface area contributed by atoms with Crippen LogP contribution in [0.15, 0.2) is 18.2 Å². The van der Waals surface area contributed by atoms with Gasteiger partial charge in [0.1, 0.15) is 0 Å². The second-order valence-electron chi connectivity index (χ2n) is 5.86. The van der Waals surface area contributed by atoms with Crippen molar-refractivity contribution in [2.75, 3.05) is 6.54 Å². The Hall–Kier alpha value is -1.82. The van der Waals surface area contributed by atoms with E-state index < -0.39 is 0 Å². The van der Waals surface area contributed by atoms with Gasteiger partial charge in [0, 0.05) is 18.2 Å². The molecule has 1 atom stereocenters. The number of rotatable bonds is 5. The normalized spacial score (nSPS) is 15.5. The molecule has 3 heteroatoms. The zero-order valence-corrected chi connectivity index (χ0v) is 12.5. The lowest BCUT2D eigenvalue weighted by molar-refractivity contribution is 0.0676. The van der Waals surface area contributed by atoms with Crippen molar-refractivity contribution in [1.82, 2.24) is 4.90 Å². The number of carbonyl (C=O) groups is 1. The minimum absolute atomic E-state index is 0.0615. The second-order valence-corrected chi connectivity index (χ2v) is 5.86. The van der Waals surface area contributed by atoms with Crippen LogP contribution in [0.5, 0.6) is 0 Å². The van der Waals surface area contributed by atoms with Crippen molar-refractivity contribution in [1.29, 1.82) is 5.26 Å². The largest absolute Gasteiger partial charge is 0.335 e. The summed E-state index contributed by atoms with van der Waals surface area (Å²) >= 11 is 0. The summed E-state index contributed by atoms with van der Waals surface area (Å²) in [6.07, 6.45) is 2.79. The lowest BCUT2D eigenvalue weighted by Crippen LogP contribution is -2.40. The number of amides is 1. The van der Waals surface area contributed by atoms with Crippen molar-refractivity contribution in [2.24, 2.45) is 5.92 Å². The summed E-state index contributed by atoms with van der Waals surface area (Å²) in [6.45, 7) is 6.65. The van der Waals surface area contributed by atoms with Crippen molar-refractivity contribution in [3.63, 3.8) is 0 Å². The van der Waals surface area contributed by atoms with E-state index in [4.69, 9.17) is 5.26 Å². The van der Waals surface area contributed by atoms with Crippen LogP contribution < -0.4 is 0 Å². The van der Waals surface area contributed by atoms with Crippen LogP contribution in [0.1, 0.15) is 47.7 Å². The van der Waals surface area contributed by atoms with Gasteiger partial charge in [0.25, 0.3) is 5.91 Å². The predicted molar refractivity (Wildman–Crippen MR) is 79.4 cm³/mol. The molecule has 1 amide bonds. The first-order valence-electron chi connectivity index (χ1n) is 7.29. The maximum Gasteiger partial charge on any atom is 0.254 e. The first-order chi connectivity index (χ1) is 9.52. The number of benzene rings is 1. The average molecular weight is 270 g/mol. The number of hydrogen-bond acceptors (Lipinski definition) is 2. The van der Waals surface area contributed by atoms with Gasteiger partial charge >= 0.3 is 0 Å². The fraction of sp³-hybridized carbons (Fsp3) is 0.529. The number of nitriles is 1. The Bertz CT molecular complexity index is 520. The van der Waals surface area contributed by atoms with E-state index in [1.807, 2.05) is 30.9 Å². The molecule has 1 aliphatic rings. The standard InChI is InChI=1S/C17H22N2O/c1-12-9-13(2)11-16(10-12)17(20)19(8-4-7-18)14(3)15-5-6-15/h9-11,14-15H,4-6,8H2,1-3H3. The topological polar surface area (TPSA) is 44.1 Å². The third-order valence-corrected chi connectivity index (χ3v) is 3.99. The summed E-state index contributed by atoms with van der Waals surface area (Å²) in [5.41, 5.74) is 2.95. The highest BCUT2D eigenvalue weighted by atomic mass is 16.2. The monoisotopic (exact) mass is 270 g/mol. The van der Waals surface area contributed by atoms with E-state index in [9.17, 15) is 4.79 Å². The SMILES string of the molecule is Cc1cc(C)cc(C(=O)N(CCC#N)C(C)C2CC2)c1. The molecule has 1 saturated carbocycles. The van der Waals surface area contributed by atoms with Gasteiger partial charge in [-0.25, -0.2) is 0 Å². The fourth-order valence-electron chi connectivity index (χ4n) is 2.76. The third kappa shape index (κ3) is 3.39. The van der Waals surface area contributed by atoms with Crippen LogP contribution >= 0.6 is 0 Å². The first-order valence-corrected chi connectivity index (χ1v) is 7.29. The molecule has 0 aromatic heterocycles. The van der Waals surface area contributed by atoms with E-state index in [0.29, 0.717) is 18.9 Å². The lowest BCUT2D eigenvalue weighted by Gasteiger charge is -2.29. The summed E-state index contributed by atoms with van der Waals surface area (Å²) in [4.78, 5) is 14.6. The molecule has 1 aromatic rings. The molecule has 1 aliphatic carbocycles. The Kier molecular flexibility index (Phi) is 4.44. The fourth-order valence-corrected chi connectivity index (χ4v) is 2.76. The van der Waals surface area contributed by atoms with Gasteiger partial charge in [0.15, 0.2) is 0 Å². The molecule has 2 rings (SSSR count). The molecule has 0 bridgehead atoms. The van der Waals surface area contributed by atoms with Crippen molar-refractivity contribution in [3.8, 4) is 6.07 Å².